The van der Waals surface area contributed by atoms with Crippen molar-refractivity contribution in [2.75, 3.05) is 31.7 Å². The van der Waals surface area contributed by atoms with Gasteiger partial charge in [-0.25, -0.2) is 4.98 Å². The first kappa shape index (κ1) is 13.9. The number of nitrogens with one attached hydrogen (secondary N) is 1. The number of nitrogens with zero attached hydrogens (tertiary/aromatic N) is 2. The minimum absolute atomic E-state index is 0.174. The Hall–Kier alpha value is -0.520. The molecule has 0 aromatic carbocycles. The summed E-state index contributed by atoms with van der Waals surface area (Å²) in [7, 11) is 0. The maximum Gasteiger partial charge on any atom is 0.111 e. The van der Waals surface area contributed by atoms with Gasteiger partial charge >= 0.3 is 0 Å². The first-order valence-corrected chi connectivity index (χ1v) is 8.12. The van der Waals surface area contributed by atoms with Gasteiger partial charge in [-0.1, -0.05) is 6.42 Å². The van der Waals surface area contributed by atoms with Gasteiger partial charge in [0.05, 0.1) is 24.8 Å². The lowest BCUT2D eigenvalue weighted by Gasteiger charge is -2.24. The number of morpholine rings is 1. The van der Waals surface area contributed by atoms with Gasteiger partial charge in [-0.3, -0.25) is 0 Å². The van der Waals surface area contributed by atoms with Crippen LogP contribution in [-0.4, -0.2) is 41.3 Å². The molecule has 18 heavy (non-hydrogen) atoms. The van der Waals surface area contributed by atoms with E-state index in [-0.39, 0.29) is 6.10 Å². The van der Waals surface area contributed by atoms with Crippen LogP contribution in [0.1, 0.15) is 31.1 Å². The Morgan fingerprint density at radius 3 is 3.22 bits per heavy atom. The molecule has 102 valence electrons. The highest BCUT2D eigenvalue weighted by molar-refractivity contribution is 7.98. The molecule has 5 heteroatoms. The van der Waals surface area contributed by atoms with Crippen LogP contribution < -0.4 is 5.32 Å². The number of rotatable bonds is 7. The van der Waals surface area contributed by atoms with Crippen molar-refractivity contribution in [2.24, 2.45) is 0 Å². The molecule has 0 bridgehead atoms. The Bertz CT molecular complexity index is 337. The first-order chi connectivity index (χ1) is 8.92. The van der Waals surface area contributed by atoms with Gasteiger partial charge in [-0.2, -0.15) is 11.8 Å². The smallest absolute Gasteiger partial charge is 0.111 e. The second-order valence-corrected chi connectivity index (χ2v) is 5.61. The lowest BCUT2D eigenvalue weighted by atomic mass is 10.2. The molecular formula is C13H23N3OS. The van der Waals surface area contributed by atoms with E-state index >= 15 is 0 Å². The third-order valence-electron chi connectivity index (χ3n) is 3.25. The lowest BCUT2D eigenvalue weighted by Crippen LogP contribution is -2.34. The van der Waals surface area contributed by atoms with Crippen molar-refractivity contribution < 1.29 is 4.74 Å². The molecule has 1 aliphatic rings. The fourth-order valence-corrected chi connectivity index (χ4v) is 2.74. The van der Waals surface area contributed by atoms with E-state index in [2.05, 4.69) is 21.1 Å². The summed E-state index contributed by atoms with van der Waals surface area (Å²) in [5, 5.41) is 3.37. The zero-order chi connectivity index (χ0) is 12.6. The summed E-state index contributed by atoms with van der Waals surface area (Å²) in [5.41, 5.74) is 1.21. The largest absolute Gasteiger partial charge is 0.369 e. The van der Waals surface area contributed by atoms with Gasteiger partial charge in [-0.15, -0.1) is 0 Å². The van der Waals surface area contributed by atoms with Crippen molar-refractivity contribution in [3.63, 3.8) is 0 Å². The summed E-state index contributed by atoms with van der Waals surface area (Å²) >= 11 is 1.93. The van der Waals surface area contributed by atoms with Crippen LogP contribution >= 0.6 is 11.8 Å². The van der Waals surface area contributed by atoms with Crippen molar-refractivity contribution in [1.29, 1.82) is 0 Å². The SMILES string of the molecule is CSCCCCCn1cncc1C1CNCCO1. The summed E-state index contributed by atoms with van der Waals surface area (Å²) in [6.07, 6.45) is 10.1. The molecule has 0 spiro atoms. The molecule has 1 aromatic rings. The fourth-order valence-electron chi connectivity index (χ4n) is 2.25. The molecule has 2 rings (SSSR count). The van der Waals surface area contributed by atoms with Crippen LogP contribution in [0.2, 0.25) is 0 Å². The number of aromatic nitrogens is 2. The number of hydrogen-bond acceptors (Lipinski definition) is 4. The van der Waals surface area contributed by atoms with Gasteiger partial charge in [0.25, 0.3) is 0 Å². The maximum atomic E-state index is 5.78. The average molecular weight is 269 g/mol. The number of unbranched alkanes of at least 4 members (excludes halogenated alkanes) is 2. The van der Waals surface area contributed by atoms with Crippen LogP contribution in [0.4, 0.5) is 0 Å². The molecule has 0 aliphatic carbocycles. The van der Waals surface area contributed by atoms with Crippen LogP contribution in [-0.2, 0) is 11.3 Å². The minimum Gasteiger partial charge on any atom is -0.369 e. The van der Waals surface area contributed by atoms with Crippen molar-refractivity contribution in [2.45, 2.75) is 31.9 Å². The number of imidazole rings is 1. The molecule has 1 N–H and O–H groups in total. The van der Waals surface area contributed by atoms with Crippen LogP contribution in [0.3, 0.4) is 0 Å². The molecule has 1 atom stereocenters. The van der Waals surface area contributed by atoms with Crippen molar-refractivity contribution in [1.82, 2.24) is 14.9 Å². The highest BCUT2D eigenvalue weighted by atomic mass is 32.2. The normalized spacial score (nSPS) is 20.2. The van der Waals surface area contributed by atoms with E-state index in [0.29, 0.717) is 0 Å². The third-order valence-corrected chi connectivity index (χ3v) is 3.95. The van der Waals surface area contributed by atoms with Gasteiger partial charge in [0.1, 0.15) is 6.10 Å². The van der Waals surface area contributed by atoms with E-state index in [4.69, 9.17) is 4.74 Å². The predicted molar refractivity (Wildman–Crippen MR) is 76.0 cm³/mol. The van der Waals surface area contributed by atoms with E-state index in [1.807, 2.05) is 24.3 Å². The molecule has 1 aliphatic heterocycles. The number of hydrogen-bond donors (Lipinski definition) is 1. The fraction of sp³-hybridized carbons (Fsp3) is 0.769. The van der Waals surface area contributed by atoms with E-state index in [1.165, 1.54) is 30.7 Å². The van der Waals surface area contributed by atoms with E-state index in [9.17, 15) is 0 Å². The summed E-state index contributed by atoms with van der Waals surface area (Å²) in [4.78, 5) is 4.26. The zero-order valence-corrected chi connectivity index (χ0v) is 11.9. The molecule has 0 saturated carbocycles. The standard InChI is InChI=1S/C13H23N3OS/c1-18-8-4-2-3-6-16-11-15-9-12(16)13-10-14-5-7-17-13/h9,11,13-14H,2-8,10H2,1H3. The molecular weight excluding hydrogens is 246 g/mol. The van der Waals surface area contributed by atoms with Crippen molar-refractivity contribution in [3.05, 3.63) is 18.2 Å². The van der Waals surface area contributed by atoms with Crippen LogP contribution in [0.25, 0.3) is 0 Å². The third kappa shape index (κ3) is 4.00. The Labute approximate surface area is 114 Å². The number of ether oxygens (including phenoxy) is 1. The molecule has 1 fully saturated rings. The number of aryl methyl sites for hydroxylation is 1. The van der Waals surface area contributed by atoms with Crippen LogP contribution in [0.15, 0.2) is 12.5 Å². The minimum atomic E-state index is 0.174. The lowest BCUT2D eigenvalue weighted by molar-refractivity contribution is 0.0227. The molecule has 1 unspecified atom stereocenters. The molecule has 1 aromatic heterocycles. The Balaban J connectivity index is 1.79. The molecule has 1 saturated heterocycles. The summed E-state index contributed by atoms with van der Waals surface area (Å²) < 4.78 is 8.03. The maximum absolute atomic E-state index is 5.78. The topological polar surface area (TPSA) is 39.1 Å². The molecule has 2 heterocycles. The summed E-state index contributed by atoms with van der Waals surface area (Å²) in [6, 6.07) is 0. The Morgan fingerprint density at radius 1 is 1.50 bits per heavy atom. The number of thioether (sulfide) groups is 1. The summed E-state index contributed by atoms with van der Waals surface area (Å²) in [5.74, 6) is 1.27. The monoisotopic (exact) mass is 269 g/mol. The van der Waals surface area contributed by atoms with Gasteiger partial charge in [0.2, 0.25) is 0 Å². The van der Waals surface area contributed by atoms with Gasteiger partial charge in [0.15, 0.2) is 0 Å². The van der Waals surface area contributed by atoms with Gasteiger partial charge in [-0.05, 0) is 24.9 Å². The Morgan fingerprint density at radius 2 is 2.44 bits per heavy atom. The second kappa shape index (κ2) is 7.81. The highest BCUT2D eigenvalue weighted by Crippen LogP contribution is 2.18. The average Bonchev–Trinajstić information content (AvgIpc) is 2.88. The molecule has 4 nitrogen and oxygen atoms in total. The van der Waals surface area contributed by atoms with Gasteiger partial charge < -0.3 is 14.6 Å². The van der Waals surface area contributed by atoms with Crippen LogP contribution in [0, 0.1) is 0 Å². The van der Waals surface area contributed by atoms with E-state index in [0.717, 1.165) is 26.2 Å². The summed E-state index contributed by atoms with van der Waals surface area (Å²) in [6.45, 7) is 3.71. The highest BCUT2D eigenvalue weighted by Gasteiger charge is 2.19. The second-order valence-electron chi connectivity index (χ2n) is 4.63. The Kier molecular flexibility index (Phi) is 6.04. The molecule has 0 amide bonds. The van der Waals surface area contributed by atoms with Crippen LogP contribution in [0.5, 0.6) is 0 Å². The zero-order valence-electron chi connectivity index (χ0n) is 11.1. The van der Waals surface area contributed by atoms with Gasteiger partial charge in [0, 0.05) is 19.6 Å². The van der Waals surface area contributed by atoms with E-state index in [1.54, 1.807) is 0 Å². The first-order valence-electron chi connectivity index (χ1n) is 6.73. The molecule has 0 radical (unpaired) electrons. The van der Waals surface area contributed by atoms with Crippen molar-refractivity contribution >= 4 is 11.8 Å². The van der Waals surface area contributed by atoms with Crippen molar-refractivity contribution in [3.8, 4) is 0 Å². The predicted octanol–water partition coefficient (Wildman–Crippen LogP) is 2.08. The van der Waals surface area contributed by atoms with E-state index < -0.39 is 0 Å². The quantitative estimate of drug-likeness (QED) is 0.769.